The topological polar surface area (TPSA) is 35.5 Å². The van der Waals surface area contributed by atoms with E-state index in [1.165, 1.54) is 0 Å². The Hall–Kier alpha value is -3.59. The Bertz CT molecular complexity index is 1100. The number of hydrogen-bond donors (Lipinski definition) is 0. The summed E-state index contributed by atoms with van der Waals surface area (Å²) in [5.41, 5.74) is 4.80. The van der Waals surface area contributed by atoms with Crippen LogP contribution in [0.5, 0.6) is 11.5 Å². The molecule has 0 saturated heterocycles. The minimum atomic E-state index is -0.306. The summed E-state index contributed by atoms with van der Waals surface area (Å²) in [5, 5.41) is 0. The highest BCUT2D eigenvalue weighted by Crippen LogP contribution is 2.49. The van der Waals surface area contributed by atoms with E-state index in [2.05, 4.69) is 6.58 Å². The van der Waals surface area contributed by atoms with Crippen molar-refractivity contribution in [2.45, 2.75) is 11.8 Å². The zero-order valence-corrected chi connectivity index (χ0v) is 17.2. The van der Waals surface area contributed by atoms with Gasteiger partial charge in [0.1, 0.15) is 0 Å². The van der Waals surface area contributed by atoms with Gasteiger partial charge in [0.15, 0.2) is 17.3 Å². The molecule has 1 aliphatic rings. The molecule has 1 aliphatic carbocycles. The van der Waals surface area contributed by atoms with Gasteiger partial charge >= 0.3 is 0 Å². The van der Waals surface area contributed by atoms with Gasteiger partial charge in [-0.1, -0.05) is 73.3 Å². The fourth-order valence-electron chi connectivity index (χ4n) is 4.19. The van der Waals surface area contributed by atoms with Crippen LogP contribution in [-0.2, 0) is 4.79 Å². The van der Waals surface area contributed by atoms with Crippen molar-refractivity contribution in [3.8, 4) is 11.5 Å². The number of carbonyl (C=O) groups is 1. The predicted molar refractivity (Wildman–Crippen MR) is 120 cm³/mol. The molecule has 150 valence electrons. The van der Waals surface area contributed by atoms with Gasteiger partial charge in [-0.25, -0.2) is 0 Å². The standard InChI is InChI=1S/C27H24O3/c1-18(19-10-6-4-7-11-19)22-17-23(28)27(20-12-8-5-9-13-20)26(22)21-14-15-24(29-2)25(16-21)30-3/h4-17,26-27H,1H2,2-3H3. The largest absolute Gasteiger partial charge is 0.493 e. The molecule has 3 heteroatoms. The number of carbonyl (C=O) groups excluding carboxylic acids is 1. The molecule has 0 bridgehead atoms. The van der Waals surface area contributed by atoms with Crippen LogP contribution in [-0.4, -0.2) is 20.0 Å². The quantitative estimate of drug-likeness (QED) is 0.529. The summed E-state index contributed by atoms with van der Waals surface area (Å²) in [6.45, 7) is 4.35. The van der Waals surface area contributed by atoms with Crippen molar-refractivity contribution in [2.24, 2.45) is 0 Å². The first kappa shape index (κ1) is 19.7. The molecule has 0 aliphatic heterocycles. The Morgan fingerprint density at radius 3 is 2.03 bits per heavy atom. The number of hydrogen-bond acceptors (Lipinski definition) is 3. The van der Waals surface area contributed by atoms with E-state index in [4.69, 9.17) is 9.47 Å². The average Bonchev–Trinajstić information content (AvgIpc) is 3.16. The van der Waals surface area contributed by atoms with Crippen LogP contribution >= 0.6 is 0 Å². The zero-order valence-electron chi connectivity index (χ0n) is 17.2. The van der Waals surface area contributed by atoms with E-state index < -0.39 is 0 Å². The van der Waals surface area contributed by atoms with Crippen LogP contribution in [0.1, 0.15) is 28.5 Å². The predicted octanol–water partition coefficient (Wildman–Crippen LogP) is 5.79. The van der Waals surface area contributed by atoms with E-state index in [1.54, 1.807) is 20.3 Å². The van der Waals surface area contributed by atoms with Crippen molar-refractivity contribution in [2.75, 3.05) is 14.2 Å². The second-order valence-electron chi connectivity index (χ2n) is 7.33. The number of allylic oxidation sites excluding steroid dienone is 3. The lowest BCUT2D eigenvalue weighted by Gasteiger charge is -2.25. The molecule has 3 aromatic rings. The molecule has 0 radical (unpaired) electrons. The molecule has 0 amide bonds. The van der Waals surface area contributed by atoms with E-state index in [1.807, 2.05) is 78.9 Å². The van der Waals surface area contributed by atoms with Gasteiger partial charge in [0, 0.05) is 5.92 Å². The van der Waals surface area contributed by atoms with E-state index >= 15 is 0 Å². The summed E-state index contributed by atoms with van der Waals surface area (Å²) in [7, 11) is 3.24. The lowest BCUT2D eigenvalue weighted by Crippen LogP contribution is -2.14. The first-order valence-corrected chi connectivity index (χ1v) is 9.91. The molecule has 2 unspecified atom stereocenters. The maximum atomic E-state index is 13.2. The SMILES string of the molecule is C=C(C1=CC(=O)C(c2ccccc2)C1c1ccc(OC)c(OC)c1)c1ccccc1. The van der Waals surface area contributed by atoms with Crippen LogP contribution in [0.4, 0.5) is 0 Å². The first-order chi connectivity index (χ1) is 14.6. The number of methoxy groups -OCH3 is 2. The summed E-state index contributed by atoms with van der Waals surface area (Å²) in [5.74, 6) is 0.931. The second kappa shape index (κ2) is 8.42. The second-order valence-corrected chi connectivity index (χ2v) is 7.33. The lowest BCUT2D eigenvalue weighted by molar-refractivity contribution is -0.115. The zero-order chi connectivity index (χ0) is 21.1. The van der Waals surface area contributed by atoms with E-state index in [-0.39, 0.29) is 17.6 Å². The molecular weight excluding hydrogens is 372 g/mol. The maximum Gasteiger partial charge on any atom is 0.164 e. The maximum absolute atomic E-state index is 13.2. The Kier molecular flexibility index (Phi) is 5.53. The van der Waals surface area contributed by atoms with E-state index in [0.29, 0.717) is 11.5 Å². The smallest absolute Gasteiger partial charge is 0.164 e. The van der Waals surface area contributed by atoms with Gasteiger partial charge in [0.05, 0.1) is 20.1 Å². The van der Waals surface area contributed by atoms with E-state index in [0.717, 1.165) is 27.8 Å². The van der Waals surface area contributed by atoms with Crippen LogP contribution in [0.3, 0.4) is 0 Å². The lowest BCUT2D eigenvalue weighted by atomic mass is 9.77. The molecule has 4 rings (SSSR count). The molecule has 30 heavy (non-hydrogen) atoms. The Morgan fingerprint density at radius 2 is 1.40 bits per heavy atom. The third-order valence-corrected chi connectivity index (χ3v) is 5.67. The molecule has 0 fully saturated rings. The van der Waals surface area contributed by atoms with Crippen molar-refractivity contribution in [3.63, 3.8) is 0 Å². The first-order valence-electron chi connectivity index (χ1n) is 9.91. The van der Waals surface area contributed by atoms with Crippen LogP contribution in [0.25, 0.3) is 5.57 Å². The molecule has 0 saturated carbocycles. The van der Waals surface area contributed by atoms with E-state index in [9.17, 15) is 4.79 Å². The summed E-state index contributed by atoms with van der Waals surface area (Å²) in [4.78, 5) is 13.2. The van der Waals surface area contributed by atoms with Crippen LogP contribution in [0, 0.1) is 0 Å². The highest BCUT2D eigenvalue weighted by atomic mass is 16.5. The third-order valence-electron chi connectivity index (χ3n) is 5.67. The summed E-state index contributed by atoms with van der Waals surface area (Å²) in [6.07, 6.45) is 1.76. The molecule has 0 N–H and O–H groups in total. The van der Waals surface area contributed by atoms with Gasteiger partial charge in [0.25, 0.3) is 0 Å². The number of rotatable bonds is 6. The number of benzene rings is 3. The fraction of sp³-hybridized carbons (Fsp3) is 0.148. The normalized spacial score (nSPS) is 18.1. The Balaban J connectivity index is 1.84. The summed E-state index contributed by atoms with van der Waals surface area (Å²) < 4.78 is 10.9. The highest BCUT2D eigenvalue weighted by Gasteiger charge is 2.39. The molecule has 3 nitrogen and oxygen atoms in total. The van der Waals surface area contributed by atoms with Crippen LogP contribution < -0.4 is 9.47 Å². The van der Waals surface area contributed by atoms with Crippen molar-refractivity contribution < 1.29 is 14.3 Å². The molecule has 2 atom stereocenters. The molecule has 3 aromatic carbocycles. The molecular formula is C27H24O3. The monoisotopic (exact) mass is 396 g/mol. The van der Waals surface area contributed by atoms with Crippen LogP contribution in [0.15, 0.2) is 97.1 Å². The van der Waals surface area contributed by atoms with Gasteiger partial charge in [-0.2, -0.15) is 0 Å². The number of ether oxygens (including phenoxy) is 2. The average molecular weight is 396 g/mol. The van der Waals surface area contributed by atoms with Crippen LogP contribution in [0.2, 0.25) is 0 Å². The fourth-order valence-corrected chi connectivity index (χ4v) is 4.19. The number of ketones is 1. The highest BCUT2D eigenvalue weighted by molar-refractivity contribution is 6.05. The Labute approximate surface area is 177 Å². The third kappa shape index (κ3) is 3.55. The minimum absolute atomic E-state index is 0.0908. The van der Waals surface area contributed by atoms with Gasteiger partial charge < -0.3 is 9.47 Å². The minimum Gasteiger partial charge on any atom is -0.493 e. The van der Waals surface area contributed by atoms with Crippen molar-refractivity contribution in [3.05, 3.63) is 114 Å². The summed E-state index contributed by atoms with van der Waals surface area (Å²) in [6, 6.07) is 25.8. The summed E-state index contributed by atoms with van der Waals surface area (Å²) >= 11 is 0. The van der Waals surface area contributed by atoms with Gasteiger partial charge in [-0.3, -0.25) is 4.79 Å². The Morgan fingerprint density at radius 1 is 0.767 bits per heavy atom. The van der Waals surface area contributed by atoms with Crippen molar-refractivity contribution in [1.82, 2.24) is 0 Å². The van der Waals surface area contributed by atoms with Crippen molar-refractivity contribution >= 4 is 11.4 Å². The molecule has 0 aromatic heterocycles. The molecule has 0 heterocycles. The van der Waals surface area contributed by atoms with Gasteiger partial charge in [0.2, 0.25) is 0 Å². The van der Waals surface area contributed by atoms with Gasteiger partial charge in [-0.15, -0.1) is 0 Å². The molecule has 0 spiro atoms. The van der Waals surface area contributed by atoms with Gasteiger partial charge in [-0.05, 0) is 46.0 Å². The van der Waals surface area contributed by atoms with Crippen molar-refractivity contribution in [1.29, 1.82) is 0 Å².